The number of anilines is 1. The average molecular weight is 307 g/mol. The van der Waals surface area contributed by atoms with Crippen molar-refractivity contribution in [1.29, 1.82) is 0 Å². The van der Waals surface area contributed by atoms with Gasteiger partial charge in [-0.15, -0.1) is 0 Å². The van der Waals surface area contributed by atoms with E-state index in [2.05, 4.69) is 35.1 Å². The summed E-state index contributed by atoms with van der Waals surface area (Å²) >= 11 is 9.29. The molecule has 0 spiro atoms. The highest BCUT2D eigenvalue weighted by Gasteiger charge is 2.20. The summed E-state index contributed by atoms with van der Waals surface area (Å²) in [5, 5.41) is 13.3. The summed E-state index contributed by atoms with van der Waals surface area (Å²) in [4.78, 5) is 0. The van der Waals surface area contributed by atoms with Gasteiger partial charge in [-0.1, -0.05) is 25.4 Å². The Labute approximate surface area is 110 Å². The Hall–Kier alpha value is -0.250. The van der Waals surface area contributed by atoms with Crippen LogP contribution in [-0.4, -0.2) is 18.3 Å². The Kier molecular flexibility index (Phi) is 5.09. The third-order valence-corrected chi connectivity index (χ3v) is 4.09. The number of nitrogens with one attached hydrogen (secondary N) is 1. The van der Waals surface area contributed by atoms with Crippen molar-refractivity contribution in [3.05, 3.63) is 27.7 Å². The maximum Gasteiger partial charge on any atom is 0.0549 e. The highest BCUT2D eigenvalue weighted by atomic mass is 79.9. The topological polar surface area (TPSA) is 32.3 Å². The number of benzene rings is 1. The van der Waals surface area contributed by atoms with E-state index >= 15 is 0 Å². The van der Waals surface area contributed by atoms with Crippen molar-refractivity contribution < 1.29 is 5.11 Å². The third-order valence-electron chi connectivity index (χ3n) is 2.87. The van der Waals surface area contributed by atoms with Crippen molar-refractivity contribution in [3.8, 4) is 0 Å². The van der Waals surface area contributed by atoms with Gasteiger partial charge < -0.3 is 10.4 Å². The molecule has 0 saturated heterocycles. The van der Waals surface area contributed by atoms with E-state index in [-0.39, 0.29) is 12.0 Å². The summed E-state index contributed by atoms with van der Waals surface area (Å²) in [5.74, 6) is 0. The number of hydrogen-bond donors (Lipinski definition) is 2. The van der Waals surface area contributed by atoms with Crippen LogP contribution in [0.1, 0.15) is 20.3 Å². The molecular weight excluding hydrogens is 289 g/mol. The van der Waals surface area contributed by atoms with Crippen molar-refractivity contribution in [3.63, 3.8) is 0 Å². The van der Waals surface area contributed by atoms with E-state index < -0.39 is 0 Å². The van der Waals surface area contributed by atoms with Gasteiger partial charge in [0.15, 0.2) is 0 Å². The van der Waals surface area contributed by atoms with Crippen LogP contribution in [0, 0.1) is 5.41 Å². The number of aliphatic hydroxyl groups excluding tert-OH is 1. The van der Waals surface area contributed by atoms with E-state index in [0.29, 0.717) is 5.02 Å². The number of hydrogen-bond acceptors (Lipinski definition) is 2. The van der Waals surface area contributed by atoms with E-state index in [1.165, 1.54) is 0 Å². The molecule has 0 aromatic heterocycles. The number of halogens is 2. The highest BCUT2D eigenvalue weighted by Crippen LogP contribution is 2.27. The number of aliphatic hydroxyl groups is 1. The summed E-state index contributed by atoms with van der Waals surface area (Å²) in [6.45, 7) is 5.07. The molecule has 2 N–H and O–H groups in total. The fourth-order valence-electron chi connectivity index (χ4n) is 1.21. The van der Waals surface area contributed by atoms with Crippen LogP contribution in [0.4, 0.5) is 5.69 Å². The van der Waals surface area contributed by atoms with Crippen molar-refractivity contribution in [2.24, 2.45) is 5.41 Å². The Morgan fingerprint density at radius 3 is 2.69 bits per heavy atom. The van der Waals surface area contributed by atoms with Gasteiger partial charge in [-0.25, -0.2) is 0 Å². The zero-order chi connectivity index (χ0) is 12.2. The minimum Gasteiger partial charge on any atom is -0.396 e. The second-order valence-electron chi connectivity index (χ2n) is 4.30. The van der Waals surface area contributed by atoms with Crippen LogP contribution in [0.25, 0.3) is 0 Å². The Bertz CT molecular complexity index is 353. The van der Waals surface area contributed by atoms with Gasteiger partial charge in [0.2, 0.25) is 0 Å². The first-order valence-electron chi connectivity index (χ1n) is 5.30. The van der Waals surface area contributed by atoms with Crippen LogP contribution in [0.3, 0.4) is 0 Å². The fourth-order valence-corrected chi connectivity index (χ4v) is 1.71. The molecule has 0 fully saturated rings. The average Bonchev–Trinajstić information content (AvgIpc) is 2.30. The molecule has 2 nitrogen and oxygen atoms in total. The lowest BCUT2D eigenvalue weighted by Gasteiger charge is -2.26. The molecule has 1 atom stereocenters. The molecule has 0 heterocycles. The summed E-state index contributed by atoms with van der Waals surface area (Å²) in [6.07, 6.45) is 0.936. The maximum atomic E-state index is 9.29. The van der Waals surface area contributed by atoms with Crippen LogP contribution >= 0.6 is 27.5 Å². The molecule has 0 aliphatic heterocycles. The molecule has 4 heteroatoms. The smallest absolute Gasteiger partial charge is 0.0549 e. The molecule has 0 saturated carbocycles. The summed E-state index contributed by atoms with van der Waals surface area (Å²) in [7, 11) is 0. The van der Waals surface area contributed by atoms with Crippen molar-refractivity contribution in [2.75, 3.05) is 18.5 Å². The van der Waals surface area contributed by atoms with Gasteiger partial charge in [0.1, 0.15) is 0 Å². The minimum atomic E-state index is -0.0773. The molecular formula is C12H17BrClNO. The second-order valence-corrected chi connectivity index (χ2v) is 5.57. The van der Waals surface area contributed by atoms with E-state index in [9.17, 15) is 5.11 Å². The van der Waals surface area contributed by atoms with Crippen LogP contribution in [0.15, 0.2) is 22.7 Å². The number of rotatable bonds is 5. The molecule has 1 aromatic carbocycles. The van der Waals surface area contributed by atoms with Crippen LogP contribution < -0.4 is 5.32 Å². The first kappa shape index (κ1) is 13.8. The third kappa shape index (κ3) is 3.65. The van der Waals surface area contributed by atoms with Crippen LogP contribution in [-0.2, 0) is 0 Å². The van der Waals surface area contributed by atoms with Crippen LogP contribution in [0.5, 0.6) is 0 Å². The van der Waals surface area contributed by atoms with Gasteiger partial charge in [0.05, 0.1) is 11.6 Å². The summed E-state index contributed by atoms with van der Waals surface area (Å²) < 4.78 is 0.876. The summed E-state index contributed by atoms with van der Waals surface area (Å²) in [6, 6.07) is 5.71. The standard InChI is InChI=1S/C12H17BrClNO/c1-3-12(2,8-16)7-15-9-4-5-11(14)10(13)6-9/h4-6,15-16H,3,7-8H2,1-2H3. The molecule has 0 bridgehead atoms. The van der Waals surface area contributed by atoms with Gasteiger partial charge in [-0.2, -0.15) is 0 Å². The maximum absolute atomic E-state index is 9.29. The zero-order valence-electron chi connectivity index (χ0n) is 9.56. The van der Waals surface area contributed by atoms with E-state index in [0.717, 1.165) is 23.1 Å². The fraction of sp³-hybridized carbons (Fsp3) is 0.500. The van der Waals surface area contributed by atoms with Gasteiger partial charge >= 0.3 is 0 Å². The van der Waals surface area contributed by atoms with Gasteiger partial charge in [-0.3, -0.25) is 0 Å². The van der Waals surface area contributed by atoms with Crippen LogP contribution in [0.2, 0.25) is 5.02 Å². The molecule has 1 unspecified atom stereocenters. The first-order chi connectivity index (χ1) is 7.50. The highest BCUT2D eigenvalue weighted by molar-refractivity contribution is 9.10. The Balaban J connectivity index is 2.64. The van der Waals surface area contributed by atoms with Gasteiger partial charge in [0.25, 0.3) is 0 Å². The van der Waals surface area contributed by atoms with Crippen molar-refractivity contribution >= 4 is 33.2 Å². The lowest BCUT2D eigenvalue weighted by Crippen LogP contribution is -2.29. The second kappa shape index (κ2) is 5.89. The van der Waals surface area contributed by atoms with E-state index in [1.54, 1.807) is 0 Å². The molecule has 0 aliphatic carbocycles. The lowest BCUT2D eigenvalue weighted by molar-refractivity contribution is 0.149. The minimum absolute atomic E-state index is 0.0773. The van der Waals surface area contributed by atoms with Crippen molar-refractivity contribution in [1.82, 2.24) is 0 Å². The Morgan fingerprint density at radius 2 is 2.19 bits per heavy atom. The predicted molar refractivity (Wildman–Crippen MR) is 73.1 cm³/mol. The van der Waals surface area contributed by atoms with Gasteiger partial charge in [-0.05, 0) is 40.5 Å². The molecule has 0 radical (unpaired) electrons. The molecule has 0 amide bonds. The zero-order valence-corrected chi connectivity index (χ0v) is 11.9. The lowest BCUT2D eigenvalue weighted by atomic mass is 9.88. The van der Waals surface area contributed by atoms with Gasteiger partial charge in [0, 0.05) is 22.1 Å². The normalized spacial score (nSPS) is 14.6. The molecule has 90 valence electrons. The monoisotopic (exact) mass is 305 g/mol. The summed E-state index contributed by atoms with van der Waals surface area (Å²) in [5.41, 5.74) is 0.927. The first-order valence-corrected chi connectivity index (χ1v) is 6.47. The molecule has 1 aromatic rings. The van der Waals surface area contributed by atoms with Crippen molar-refractivity contribution in [2.45, 2.75) is 20.3 Å². The SMILES string of the molecule is CCC(C)(CO)CNc1ccc(Cl)c(Br)c1. The Morgan fingerprint density at radius 1 is 1.50 bits per heavy atom. The quantitative estimate of drug-likeness (QED) is 0.864. The predicted octanol–water partition coefficient (Wildman–Crippen LogP) is 3.92. The van der Waals surface area contributed by atoms with E-state index in [4.69, 9.17) is 11.6 Å². The largest absolute Gasteiger partial charge is 0.396 e. The molecule has 1 rings (SSSR count). The molecule has 16 heavy (non-hydrogen) atoms. The van der Waals surface area contributed by atoms with E-state index in [1.807, 2.05) is 18.2 Å². The molecule has 0 aliphatic rings.